The highest BCUT2D eigenvalue weighted by atomic mass is 33.1. The Balaban J connectivity index is 2.22. The van der Waals surface area contributed by atoms with Gasteiger partial charge in [-0.3, -0.25) is 4.79 Å². The molecule has 3 nitrogen and oxygen atoms in total. The van der Waals surface area contributed by atoms with Gasteiger partial charge in [0.2, 0.25) is 5.03 Å². The van der Waals surface area contributed by atoms with Crippen LogP contribution in [0.15, 0.2) is 29.4 Å². The number of hydrogen-bond acceptors (Lipinski definition) is 4. The molecule has 0 unspecified atom stereocenters. The normalized spacial score (nSPS) is 11.4. The van der Waals surface area contributed by atoms with Crippen LogP contribution in [-0.2, 0) is 16.6 Å². The number of rotatable bonds is 7. The van der Waals surface area contributed by atoms with Crippen molar-refractivity contribution >= 4 is 27.6 Å². The van der Waals surface area contributed by atoms with E-state index in [1.54, 1.807) is 21.6 Å². The van der Waals surface area contributed by atoms with Crippen molar-refractivity contribution in [2.75, 3.05) is 12.4 Å². The van der Waals surface area contributed by atoms with Gasteiger partial charge in [-0.1, -0.05) is 17.7 Å². The van der Waals surface area contributed by atoms with Gasteiger partial charge in [-0.2, -0.15) is 4.57 Å². The number of pyridine rings is 1. The van der Waals surface area contributed by atoms with Crippen molar-refractivity contribution in [3.63, 3.8) is 0 Å². The third kappa shape index (κ3) is 5.45. The average molecular weight is 300 g/mol. The lowest BCUT2D eigenvalue weighted by Gasteiger charge is -2.19. The van der Waals surface area contributed by atoms with E-state index in [0.29, 0.717) is 6.61 Å². The zero-order chi connectivity index (χ0) is 14.3. The van der Waals surface area contributed by atoms with Gasteiger partial charge in [0, 0.05) is 28.7 Å². The molecule has 0 saturated heterocycles. The standard InChI is InChI=1S/C14H22NO2S2/c1-5-14(2,3)13(16)17-10-11-18-19-12-8-6-7-9-15(12)4/h6-9H,5,10-11H2,1-4H3/q+1. The van der Waals surface area contributed by atoms with Gasteiger partial charge in [0.1, 0.15) is 13.7 Å². The maximum absolute atomic E-state index is 11.7. The van der Waals surface area contributed by atoms with Crippen LogP contribution in [0.3, 0.4) is 0 Å². The Labute approximate surface area is 123 Å². The molecule has 0 spiro atoms. The molecular weight excluding hydrogens is 278 g/mol. The molecule has 0 saturated carbocycles. The lowest BCUT2D eigenvalue weighted by Crippen LogP contribution is -2.29. The van der Waals surface area contributed by atoms with Gasteiger partial charge in [0.05, 0.1) is 5.41 Å². The Morgan fingerprint density at radius 1 is 1.42 bits per heavy atom. The summed E-state index contributed by atoms with van der Waals surface area (Å²) < 4.78 is 7.36. The van der Waals surface area contributed by atoms with E-state index in [1.165, 1.54) is 5.03 Å². The predicted octanol–water partition coefficient (Wildman–Crippen LogP) is 3.23. The van der Waals surface area contributed by atoms with Gasteiger partial charge in [-0.25, -0.2) is 0 Å². The number of ether oxygens (including phenoxy) is 1. The molecule has 0 aliphatic rings. The largest absolute Gasteiger partial charge is 0.464 e. The summed E-state index contributed by atoms with van der Waals surface area (Å²) in [7, 11) is 5.42. The van der Waals surface area contributed by atoms with Crippen LogP contribution in [0.25, 0.3) is 0 Å². The summed E-state index contributed by atoms with van der Waals surface area (Å²) in [5.41, 5.74) is -0.371. The first-order chi connectivity index (χ1) is 8.97. The zero-order valence-corrected chi connectivity index (χ0v) is 13.6. The minimum atomic E-state index is -0.371. The molecule has 19 heavy (non-hydrogen) atoms. The van der Waals surface area contributed by atoms with E-state index in [4.69, 9.17) is 4.74 Å². The Morgan fingerprint density at radius 3 is 2.79 bits per heavy atom. The highest BCUT2D eigenvalue weighted by Gasteiger charge is 2.26. The summed E-state index contributed by atoms with van der Waals surface area (Å²) >= 11 is 0. The molecule has 1 rings (SSSR count). The first kappa shape index (κ1) is 16.4. The van der Waals surface area contributed by atoms with E-state index in [9.17, 15) is 4.79 Å². The van der Waals surface area contributed by atoms with Crippen molar-refractivity contribution in [2.24, 2.45) is 12.5 Å². The molecule has 0 atom stereocenters. The maximum Gasteiger partial charge on any atom is 0.311 e. The fourth-order valence-electron chi connectivity index (χ4n) is 1.20. The number of aromatic nitrogens is 1. The molecule has 106 valence electrons. The second kappa shape index (κ2) is 7.80. The first-order valence-corrected chi connectivity index (χ1v) is 8.70. The topological polar surface area (TPSA) is 30.2 Å². The van der Waals surface area contributed by atoms with Crippen LogP contribution in [-0.4, -0.2) is 18.3 Å². The number of carbonyl (C=O) groups is 1. The summed E-state index contributed by atoms with van der Waals surface area (Å²) in [5, 5.41) is 1.19. The van der Waals surface area contributed by atoms with E-state index in [2.05, 4.69) is 10.6 Å². The molecule has 5 heteroatoms. The van der Waals surface area contributed by atoms with Gasteiger partial charge in [0.15, 0.2) is 6.20 Å². The third-order valence-corrected chi connectivity index (χ3v) is 5.40. The maximum atomic E-state index is 11.7. The Hall–Kier alpha value is -0.680. The highest BCUT2D eigenvalue weighted by Crippen LogP contribution is 2.28. The molecule has 1 aromatic heterocycles. The van der Waals surface area contributed by atoms with Crippen molar-refractivity contribution in [1.29, 1.82) is 0 Å². The molecule has 0 aliphatic carbocycles. The van der Waals surface area contributed by atoms with Crippen LogP contribution >= 0.6 is 21.6 Å². The molecule has 0 aromatic carbocycles. The fourth-order valence-corrected chi connectivity index (χ4v) is 3.21. The third-order valence-electron chi connectivity index (χ3n) is 2.99. The first-order valence-electron chi connectivity index (χ1n) is 6.38. The summed E-state index contributed by atoms with van der Waals surface area (Å²) in [6.07, 6.45) is 2.82. The quantitative estimate of drug-likeness (QED) is 0.335. The summed E-state index contributed by atoms with van der Waals surface area (Å²) in [5.74, 6) is 0.691. The van der Waals surface area contributed by atoms with E-state index >= 15 is 0 Å². The SMILES string of the molecule is CCC(C)(C)C(=O)OCCSSc1cccc[n+]1C. The lowest BCUT2D eigenvalue weighted by atomic mass is 9.91. The number of carbonyl (C=O) groups excluding carboxylic acids is 1. The Bertz CT molecular complexity index is 422. The van der Waals surface area contributed by atoms with Gasteiger partial charge in [-0.15, -0.1) is 0 Å². The van der Waals surface area contributed by atoms with Crippen molar-refractivity contribution in [1.82, 2.24) is 0 Å². The van der Waals surface area contributed by atoms with Gasteiger partial charge < -0.3 is 4.74 Å². The van der Waals surface area contributed by atoms with Crippen LogP contribution in [0.1, 0.15) is 27.2 Å². The molecule has 0 amide bonds. The summed E-state index contributed by atoms with van der Waals surface area (Å²) in [6.45, 7) is 6.31. The van der Waals surface area contributed by atoms with Gasteiger partial charge >= 0.3 is 5.97 Å². The number of nitrogens with zero attached hydrogens (tertiary/aromatic N) is 1. The van der Waals surface area contributed by atoms with E-state index in [0.717, 1.165) is 12.2 Å². The molecule has 0 fully saturated rings. The number of esters is 1. The molecule has 0 radical (unpaired) electrons. The van der Waals surface area contributed by atoms with Gasteiger partial charge in [-0.05, 0) is 26.3 Å². The second-order valence-corrected chi connectivity index (χ2v) is 7.36. The molecule has 0 aliphatic heterocycles. The Morgan fingerprint density at radius 2 is 2.16 bits per heavy atom. The van der Waals surface area contributed by atoms with Gasteiger partial charge in [0.25, 0.3) is 0 Å². The van der Waals surface area contributed by atoms with E-state index < -0.39 is 0 Å². The molecule has 0 bridgehead atoms. The number of aryl methyl sites for hydroxylation is 1. The summed E-state index contributed by atoms with van der Waals surface area (Å²) in [6, 6.07) is 6.10. The van der Waals surface area contributed by atoms with Crippen molar-refractivity contribution in [3.8, 4) is 0 Å². The van der Waals surface area contributed by atoms with Crippen LogP contribution < -0.4 is 4.57 Å². The molecule has 1 aromatic rings. The van der Waals surface area contributed by atoms with Crippen molar-refractivity contribution in [2.45, 2.75) is 32.2 Å². The molecular formula is C14H22NO2S2+. The minimum Gasteiger partial charge on any atom is -0.464 e. The molecule has 1 heterocycles. The van der Waals surface area contributed by atoms with Crippen LogP contribution in [0, 0.1) is 5.41 Å². The van der Waals surface area contributed by atoms with E-state index in [-0.39, 0.29) is 11.4 Å². The second-order valence-electron chi connectivity index (χ2n) is 4.93. The lowest BCUT2D eigenvalue weighted by molar-refractivity contribution is -0.708. The minimum absolute atomic E-state index is 0.106. The number of hydrogen-bond donors (Lipinski definition) is 0. The Kier molecular flexibility index (Phi) is 6.72. The monoisotopic (exact) mass is 300 g/mol. The summed E-state index contributed by atoms with van der Waals surface area (Å²) in [4.78, 5) is 11.7. The van der Waals surface area contributed by atoms with Crippen molar-refractivity contribution in [3.05, 3.63) is 24.4 Å². The van der Waals surface area contributed by atoms with Crippen LogP contribution in [0.4, 0.5) is 0 Å². The predicted molar refractivity (Wildman–Crippen MR) is 81.0 cm³/mol. The van der Waals surface area contributed by atoms with E-state index in [1.807, 2.05) is 46.1 Å². The zero-order valence-electron chi connectivity index (χ0n) is 12.0. The van der Waals surface area contributed by atoms with Crippen molar-refractivity contribution < 1.29 is 14.1 Å². The smallest absolute Gasteiger partial charge is 0.311 e. The van der Waals surface area contributed by atoms with Crippen LogP contribution in [0.2, 0.25) is 0 Å². The average Bonchev–Trinajstić information content (AvgIpc) is 2.40. The highest BCUT2D eigenvalue weighted by molar-refractivity contribution is 8.76. The molecule has 0 N–H and O–H groups in total. The van der Waals surface area contributed by atoms with Crippen LogP contribution in [0.5, 0.6) is 0 Å². The fraction of sp³-hybridized carbons (Fsp3) is 0.571.